The summed E-state index contributed by atoms with van der Waals surface area (Å²) in [6.07, 6.45) is 3.51. The third-order valence-corrected chi connectivity index (χ3v) is 3.13. The van der Waals surface area contributed by atoms with Crippen molar-refractivity contribution in [2.75, 3.05) is 5.32 Å². The van der Waals surface area contributed by atoms with Crippen molar-refractivity contribution in [3.05, 3.63) is 42.0 Å². The third-order valence-electron chi connectivity index (χ3n) is 2.45. The number of carbonyl (C=O) groups excluding carboxylic acids is 1. The van der Waals surface area contributed by atoms with Gasteiger partial charge in [0.05, 0.1) is 5.52 Å². The average Bonchev–Trinajstić information content (AvgIpc) is 2.96. The topological polar surface area (TPSA) is 59.8 Å². The fraction of sp³-hybridized carbons (Fsp3) is 0.0833. The molecule has 0 saturated carbocycles. The SMILES string of the molecule is O=C(Cn1cc2ccccc2n1)Nc1nccs1. The van der Waals surface area contributed by atoms with E-state index < -0.39 is 0 Å². The molecule has 0 aliphatic carbocycles. The zero-order valence-corrected chi connectivity index (χ0v) is 10.2. The van der Waals surface area contributed by atoms with Gasteiger partial charge in [0.15, 0.2) is 5.13 Å². The van der Waals surface area contributed by atoms with Crippen LogP contribution in [0.3, 0.4) is 0 Å². The summed E-state index contributed by atoms with van der Waals surface area (Å²) in [7, 11) is 0. The van der Waals surface area contributed by atoms with Gasteiger partial charge in [-0.3, -0.25) is 9.48 Å². The summed E-state index contributed by atoms with van der Waals surface area (Å²) in [5.74, 6) is -0.127. The van der Waals surface area contributed by atoms with Crippen molar-refractivity contribution in [1.82, 2.24) is 14.8 Å². The number of amides is 1. The Kier molecular flexibility index (Phi) is 2.77. The van der Waals surface area contributed by atoms with Gasteiger partial charge in [-0.1, -0.05) is 18.2 Å². The van der Waals surface area contributed by atoms with E-state index in [1.165, 1.54) is 11.3 Å². The molecule has 0 radical (unpaired) electrons. The monoisotopic (exact) mass is 258 g/mol. The molecule has 1 N–H and O–H groups in total. The molecular weight excluding hydrogens is 248 g/mol. The van der Waals surface area contributed by atoms with Gasteiger partial charge in [0, 0.05) is 23.2 Å². The lowest BCUT2D eigenvalue weighted by molar-refractivity contribution is -0.116. The number of nitrogens with zero attached hydrogens (tertiary/aromatic N) is 3. The van der Waals surface area contributed by atoms with E-state index in [0.717, 1.165) is 10.9 Å². The van der Waals surface area contributed by atoms with Gasteiger partial charge in [-0.05, 0) is 6.07 Å². The van der Waals surface area contributed by atoms with Crippen molar-refractivity contribution in [3.8, 4) is 0 Å². The first-order chi connectivity index (χ1) is 8.81. The molecule has 0 bridgehead atoms. The Morgan fingerprint density at radius 3 is 3.06 bits per heavy atom. The maximum Gasteiger partial charge on any atom is 0.247 e. The van der Waals surface area contributed by atoms with Gasteiger partial charge < -0.3 is 5.32 Å². The van der Waals surface area contributed by atoms with Crippen molar-refractivity contribution >= 4 is 33.3 Å². The zero-order valence-electron chi connectivity index (χ0n) is 9.41. The normalized spacial score (nSPS) is 10.7. The van der Waals surface area contributed by atoms with Crippen molar-refractivity contribution in [2.24, 2.45) is 0 Å². The minimum atomic E-state index is -0.127. The van der Waals surface area contributed by atoms with Crippen LogP contribution < -0.4 is 5.32 Å². The average molecular weight is 258 g/mol. The maximum absolute atomic E-state index is 11.8. The number of anilines is 1. The van der Waals surface area contributed by atoms with Crippen LogP contribution in [-0.4, -0.2) is 20.7 Å². The number of rotatable bonds is 3. The third kappa shape index (κ3) is 2.23. The summed E-state index contributed by atoms with van der Waals surface area (Å²) >= 11 is 1.39. The van der Waals surface area contributed by atoms with E-state index in [4.69, 9.17) is 0 Å². The molecule has 1 amide bonds. The van der Waals surface area contributed by atoms with Crippen molar-refractivity contribution in [3.63, 3.8) is 0 Å². The van der Waals surface area contributed by atoms with Gasteiger partial charge in [0.25, 0.3) is 0 Å². The molecule has 3 rings (SSSR count). The van der Waals surface area contributed by atoms with Crippen LogP contribution in [0, 0.1) is 0 Å². The fourth-order valence-corrected chi connectivity index (χ4v) is 2.23. The minimum absolute atomic E-state index is 0.127. The van der Waals surface area contributed by atoms with E-state index in [-0.39, 0.29) is 12.5 Å². The lowest BCUT2D eigenvalue weighted by Crippen LogP contribution is -2.18. The second kappa shape index (κ2) is 4.58. The second-order valence-corrected chi connectivity index (χ2v) is 4.67. The summed E-state index contributed by atoms with van der Waals surface area (Å²) in [4.78, 5) is 15.7. The van der Waals surface area contributed by atoms with Gasteiger partial charge in [-0.15, -0.1) is 11.3 Å². The summed E-state index contributed by atoms with van der Waals surface area (Å²) < 4.78 is 1.63. The maximum atomic E-state index is 11.8. The molecule has 5 nitrogen and oxygen atoms in total. The lowest BCUT2D eigenvalue weighted by Gasteiger charge is -2.01. The van der Waals surface area contributed by atoms with Crippen LogP contribution in [0.2, 0.25) is 0 Å². The molecule has 0 aliphatic heterocycles. The highest BCUT2D eigenvalue weighted by atomic mass is 32.1. The molecule has 0 saturated heterocycles. The van der Waals surface area contributed by atoms with Gasteiger partial charge >= 0.3 is 0 Å². The summed E-state index contributed by atoms with van der Waals surface area (Å²) in [5.41, 5.74) is 0.888. The molecule has 0 unspecified atom stereocenters. The van der Waals surface area contributed by atoms with Crippen molar-refractivity contribution in [1.29, 1.82) is 0 Å². The van der Waals surface area contributed by atoms with E-state index in [2.05, 4.69) is 15.4 Å². The van der Waals surface area contributed by atoms with Crippen LogP contribution in [-0.2, 0) is 11.3 Å². The Bertz CT molecular complexity index is 641. The molecule has 0 aliphatic rings. The van der Waals surface area contributed by atoms with Gasteiger partial charge in [-0.25, -0.2) is 4.98 Å². The molecule has 6 heteroatoms. The Hall–Kier alpha value is -2.21. The molecular formula is C12H10N4OS. The Morgan fingerprint density at radius 2 is 2.28 bits per heavy atom. The van der Waals surface area contributed by atoms with E-state index in [1.807, 2.05) is 35.8 Å². The number of carbonyl (C=O) groups is 1. The second-order valence-electron chi connectivity index (χ2n) is 3.77. The number of thiazole rings is 1. The van der Waals surface area contributed by atoms with Crippen molar-refractivity contribution < 1.29 is 4.79 Å². The Labute approximate surface area is 107 Å². The molecule has 0 atom stereocenters. The molecule has 2 aromatic heterocycles. The minimum Gasteiger partial charge on any atom is -0.300 e. The van der Waals surface area contributed by atoms with E-state index >= 15 is 0 Å². The Morgan fingerprint density at radius 1 is 1.39 bits per heavy atom. The number of aromatic nitrogens is 3. The smallest absolute Gasteiger partial charge is 0.247 e. The first-order valence-corrected chi connectivity index (χ1v) is 6.31. The Balaban J connectivity index is 1.74. The lowest BCUT2D eigenvalue weighted by atomic mass is 10.3. The van der Waals surface area contributed by atoms with E-state index in [0.29, 0.717) is 5.13 Å². The highest BCUT2D eigenvalue weighted by molar-refractivity contribution is 7.13. The van der Waals surface area contributed by atoms with Crippen LogP contribution in [0.4, 0.5) is 5.13 Å². The van der Waals surface area contributed by atoms with Gasteiger partial charge in [0.1, 0.15) is 6.54 Å². The largest absolute Gasteiger partial charge is 0.300 e. The van der Waals surface area contributed by atoms with Gasteiger partial charge in [0.2, 0.25) is 5.91 Å². The van der Waals surface area contributed by atoms with Crippen LogP contribution >= 0.6 is 11.3 Å². The summed E-state index contributed by atoms with van der Waals surface area (Å²) in [6, 6.07) is 7.77. The zero-order chi connectivity index (χ0) is 12.4. The van der Waals surface area contributed by atoms with Crippen molar-refractivity contribution in [2.45, 2.75) is 6.54 Å². The fourth-order valence-electron chi connectivity index (χ4n) is 1.69. The molecule has 0 fully saturated rings. The highest BCUT2D eigenvalue weighted by Crippen LogP contribution is 2.12. The number of benzene rings is 1. The first-order valence-electron chi connectivity index (χ1n) is 5.43. The number of hydrogen-bond donors (Lipinski definition) is 1. The first kappa shape index (κ1) is 10.9. The number of fused-ring (bicyclic) bond motifs is 1. The van der Waals surface area contributed by atoms with Crippen LogP contribution in [0.25, 0.3) is 10.9 Å². The molecule has 90 valence electrons. The molecule has 3 aromatic rings. The predicted octanol–water partition coefficient (Wildman–Crippen LogP) is 2.13. The predicted molar refractivity (Wildman–Crippen MR) is 70.5 cm³/mol. The molecule has 1 aromatic carbocycles. The van der Waals surface area contributed by atoms with E-state index in [9.17, 15) is 4.79 Å². The van der Waals surface area contributed by atoms with Crippen LogP contribution in [0.1, 0.15) is 0 Å². The van der Waals surface area contributed by atoms with E-state index in [1.54, 1.807) is 10.9 Å². The summed E-state index contributed by atoms with van der Waals surface area (Å²) in [5, 5.41) is 10.5. The number of hydrogen-bond acceptors (Lipinski definition) is 4. The number of nitrogens with one attached hydrogen (secondary N) is 1. The quantitative estimate of drug-likeness (QED) is 0.783. The van der Waals surface area contributed by atoms with Crippen LogP contribution in [0.15, 0.2) is 42.0 Å². The molecule has 0 spiro atoms. The highest BCUT2D eigenvalue weighted by Gasteiger charge is 2.06. The van der Waals surface area contributed by atoms with Crippen LogP contribution in [0.5, 0.6) is 0 Å². The summed E-state index contributed by atoms with van der Waals surface area (Å²) in [6.45, 7) is 0.189. The standard InChI is InChI=1S/C12H10N4OS/c17-11(14-12-13-5-6-18-12)8-16-7-9-3-1-2-4-10(9)15-16/h1-7H,8H2,(H,13,14,17). The molecule has 18 heavy (non-hydrogen) atoms. The molecule has 2 heterocycles. The van der Waals surface area contributed by atoms with Gasteiger partial charge in [-0.2, -0.15) is 5.10 Å².